The van der Waals surface area contributed by atoms with Gasteiger partial charge < -0.3 is 19.5 Å². The first-order chi connectivity index (χ1) is 11.7. The zero-order valence-corrected chi connectivity index (χ0v) is 13.1. The van der Waals surface area contributed by atoms with Crippen molar-refractivity contribution < 1.29 is 14.6 Å². The number of β-amino-alcohol motifs (C(OH)–C–C–N with tert-alkyl or cyclic N) is 1. The summed E-state index contributed by atoms with van der Waals surface area (Å²) in [6.45, 7) is 1.51. The van der Waals surface area contributed by atoms with Crippen LogP contribution in [-0.2, 0) is 0 Å². The molecule has 1 fully saturated rings. The number of nitrogens with zero attached hydrogens (tertiary/aromatic N) is 3. The predicted molar refractivity (Wildman–Crippen MR) is 87.1 cm³/mol. The number of pyridine rings is 1. The molecule has 2 aliphatic heterocycles. The van der Waals surface area contributed by atoms with Crippen molar-refractivity contribution in [1.29, 1.82) is 5.26 Å². The molecule has 6 heteroatoms. The largest absolute Gasteiger partial charge is 0.454 e. The number of nitriles is 1. The average Bonchev–Trinajstić information content (AvgIpc) is 3.09. The first-order valence-electron chi connectivity index (χ1n) is 7.94. The molecule has 4 rings (SSSR count). The quantitative estimate of drug-likeness (QED) is 0.911. The topological polar surface area (TPSA) is 78.6 Å². The monoisotopic (exact) mass is 323 g/mol. The zero-order valence-electron chi connectivity index (χ0n) is 13.1. The third-order valence-electron chi connectivity index (χ3n) is 4.58. The van der Waals surface area contributed by atoms with Crippen molar-refractivity contribution in [2.24, 2.45) is 0 Å². The van der Waals surface area contributed by atoms with Crippen LogP contribution < -0.4 is 14.4 Å². The van der Waals surface area contributed by atoms with Crippen molar-refractivity contribution in [3.8, 4) is 17.6 Å². The van der Waals surface area contributed by atoms with Crippen molar-refractivity contribution in [3.63, 3.8) is 0 Å². The van der Waals surface area contributed by atoms with Crippen molar-refractivity contribution in [2.75, 3.05) is 24.8 Å². The van der Waals surface area contributed by atoms with Gasteiger partial charge in [0.25, 0.3) is 0 Å². The van der Waals surface area contributed by atoms with E-state index in [1.54, 1.807) is 6.07 Å². The van der Waals surface area contributed by atoms with Gasteiger partial charge in [0.1, 0.15) is 17.6 Å². The summed E-state index contributed by atoms with van der Waals surface area (Å²) in [5.74, 6) is 2.28. The van der Waals surface area contributed by atoms with Gasteiger partial charge in [0.2, 0.25) is 6.79 Å². The van der Waals surface area contributed by atoms with Crippen LogP contribution in [-0.4, -0.2) is 36.1 Å². The minimum Gasteiger partial charge on any atom is -0.454 e. The lowest BCUT2D eigenvalue weighted by Crippen LogP contribution is -2.43. The lowest BCUT2D eigenvalue weighted by molar-refractivity contribution is 0.129. The highest BCUT2D eigenvalue weighted by Gasteiger charge is 2.30. The molecular weight excluding hydrogens is 306 g/mol. The van der Waals surface area contributed by atoms with Gasteiger partial charge in [-0.1, -0.05) is 12.1 Å². The van der Waals surface area contributed by atoms with Crippen LogP contribution in [0.15, 0.2) is 36.4 Å². The Balaban J connectivity index is 1.51. The van der Waals surface area contributed by atoms with Crippen LogP contribution in [0.1, 0.15) is 23.6 Å². The number of hydrogen-bond donors (Lipinski definition) is 1. The normalized spacial score (nSPS) is 22.2. The second-order valence-corrected chi connectivity index (χ2v) is 6.01. The summed E-state index contributed by atoms with van der Waals surface area (Å²) in [5, 5.41) is 19.6. The van der Waals surface area contributed by atoms with Gasteiger partial charge in [-0.2, -0.15) is 5.26 Å². The van der Waals surface area contributed by atoms with E-state index in [-0.39, 0.29) is 12.7 Å². The minimum absolute atomic E-state index is 0.0508. The lowest BCUT2D eigenvalue weighted by atomic mass is 9.87. The summed E-state index contributed by atoms with van der Waals surface area (Å²) in [4.78, 5) is 6.33. The molecular formula is C18H17N3O3. The van der Waals surface area contributed by atoms with Crippen LogP contribution >= 0.6 is 0 Å². The van der Waals surface area contributed by atoms with E-state index in [4.69, 9.17) is 14.7 Å². The van der Waals surface area contributed by atoms with E-state index in [1.165, 1.54) is 0 Å². The average molecular weight is 323 g/mol. The Morgan fingerprint density at radius 2 is 2.08 bits per heavy atom. The van der Waals surface area contributed by atoms with Crippen LogP contribution in [0.3, 0.4) is 0 Å². The summed E-state index contributed by atoms with van der Waals surface area (Å²) < 4.78 is 10.8. The number of piperidine rings is 1. The first-order valence-corrected chi connectivity index (χ1v) is 7.94. The summed E-state index contributed by atoms with van der Waals surface area (Å²) in [6, 6.07) is 13.3. The number of ether oxygens (including phenoxy) is 2. The maximum atomic E-state index is 10.6. The molecule has 0 bridgehead atoms. The Morgan fingerprint density at radius 1 is 1.21 bits per heavy atom. The molecule has 0 amide bonds. The molecule has 2 aromatic rings. The third kappa shape index (κ3) is 2.63. The van der Waals surface area contributed by atoms with E-state index in [1.807, 2.05) is 35.2 Å². The molecule has 1 saturated heterocycles. The van der Waals surface area contributed by atoms with Crippen LogP contribution in [0.4, 0.5) is 5.82 Å². The molecule has 122 valence electrons. The number of hydrogen-bond acceptors (Lipinski definition) is 6. The molecule has 24 heavy (non-hydrogen) atoms. The van der Waals surface area contributed by atoms with Crippen LogP contribution in [0.25, 0.3) is 0 Å². The Bertz CT molecular complexity index is 802. The van der Waals surface area contributed by atoms with Gasteiger partial charge in [0, 0.05) is 19.0 Å². The summed E-state index contributed by atoms with van der Waals surface area (Å²) in [6.07, 6.45) is 0.297. The van der Waals surface area contributed by atoms with Gasteiger partial charge in [0.15, 0.2) is 11.5 Å². The van der Waals surface area contributed by atoms with E-state index in [0.29, 0.717) is 12.2 Å². The number of fused-ring (bicyclic) bond motifs is 1. The second-order valence-electron chi connectivity index (χ2n) is 6.01. The standard InChI is InChI=1S/C18H17N3O3/c19-9-13-2-1-3-18(20-13)21-7-6-14(15(22)10-21)12-4-5-16-17(8-12)24-11-23-16/h1-5,8,14-15,22H,6-7,10-11H2/t14-,15+/m0/s1. The fourth-order valence-corrected chi connectivity index (χ4v) is 3.33. The highest BCUT2D eigenvalue weighted by Crippen LogP contribution is 2.38. The van der Waals surface area contributed by atoms with Gasteiger partial charge in [0.05, 0.1) is 6.10 Å². The number of benzene rings is 1. The molecule has 1 aromatic carbocycles. The number of aliphatic hydroxyl groups is 1. The smallest absolute Gasteiger partial charge is 0.231 e. The van der Waals surface area contributed by atoms with E-state index >= 15 is 0 Å². The number of rotatable bonds is 2. The molecule has 3 heterocycles. The predicted octanol–water partition coefficient (Wildman–Crippen LogP) is 2.04. The highest BCUT2D eigenvalue weighted by atomic mass is 16.7. The Labute approximate surface area is 139 Å². The van der Waals surface area contributed by atoms with E-state index in [2.05, 4.69) is 11.1 Å². The van der Waals surface area contributed by atoms with Gasteiger partial charge in [-0.25, -0.2) is 4.98 Å². The second kappa shape index (κ2) is 6.02. The van der Waals surface area contributed by atoms with Gasteiger partial charge in [-0.05, 0) is 36.2 Å². The molecule has 0 radical (unpaired) electrons. The van der Waals surface area contributed by atoms with Crippen molar-refractivity contribution in [3.05, 3.63) is 47.7 Å². The Morgan fingerprint density at radius 3 is 2.92 bits per heavy atom. The molecule has 0 unspecified atom stereocenters. The van der Waals surface area contributed by atoms with Crippen LogP contribution in [0, 0.1) is 11.3 Å². The molecule has 0 aliphatic carbocycles. The van der Waals surface area contributed by atoms with Crippen LogP contribution in [0.5, 0.6) is 11.5 Å². The number of aromatic nitrogens is 1. The highest BCUT2D eigenvalue weighted by molar-refractivity contribution is 5.47. The molecule has 6 nitrogen and oxygen atoms in total. The SMILES string of the molecule is N#Cc1cccc(N2CC[C@@H](c3ccc4c(c3)OCO4)[C@H](O)C2)n1. The van der Waals surface area contributed by atoms with Crippen molar-refractivity contribution in [2.45, 2.75) is 18.4 Å². The summed E-state index contributed by atoms with van der Waals surface area (Å²) in [7, 11) is 0. The maximum Gasteiger partial charge on any atom is 0.231 e. The molecule has 0 spiro atoms. The summed E-state index contributed by atoms with van der Waals surface area (Å²) in [5.41, 5.74) is 1.45. The third-order valence-corrected chi connectivity index (χ3v) is 4.58. The summed E-state index contributed by atoms with van der Waals surface area (Å²) >= 11 is 0. The molecule has 2 atom stereocenters. The number of aliphatic hydroxyl groups excluding tert-OH is 1. The fraction of sp³-hybridized carbons (Fsp3) is 0.333. The van der Waals surface area contributed by atoms with Gasteiger partial charge >= 0.3 is 0 Å². The fourth-order valence-electron chi connectivity index (χ4n) is 3.33. The van der Waals surface area contributed by atoms with Gasteiger partial charge in [-0.3, -0.25) is 0 Å². The van der Waals surface area contributed by atoms with Crippen molar-refractivity contribution in [1.82, 2.24) is 4.98 Å². The van der Waals surface area contributed by atoms with Crippen molar-refractivity contribution >= 4 is 5.82 Å². The number of anilines is 1. The van der Waals surface area contributed by atoms with E-state index < -0.39 is 6.10 Å². The Hall–Kier alpha value is -2.78. The van der Waals surface area contributed by atoms with Crippen LogP contribution in [0.2, 0.25) is 0 Å². The maximum absolute atomic E-state index is 10.6. The minimum atomic E-state index is -0.508. The molecule has 1 aromatic heterocycles. The molecule has 0 saturated carbocycles. The lowest BCUT2D eigenvalue weighted by Gasteiger charge is -2.37. The van der Waals surface area contributed by atoms with E-state index in [0.717, 1.165) is 35.8 Å². The molecule has 2 aliphatic rings. The van der Waals surface area contributed by atoms with Gasteiger partial charge in [-0.15, -0.1) is 0 Å². The zero-order chi connectivity index (χ0) is 16.5. The Kier molecular flexibility index (Phi) is 3.71. The van der Waals surface area contributed by atoms with E-state index in [9.17, 15) is 5.11 Å². The molecule has 1 N–H and O–H groups in total. The first kappa shape index (κ1) is 14.8.